The van der Waals surface area contributed by atoms with Gasteiger partial charge < -0.3 is 19.2 Å². The predicted octanol–water partition coefficient (Wildman–Crippen LogP) is 4.50. The van der Waals surface area contributed by atoms with Crippen molar-refractivity contribution in [2.24, 2.45) is 5.92 Å². The molecule has 7 nitrogen and oxygen atoms in total. The number of carbonyl (C=O) groups excluding carboxylic acids is 1. The van der Waals surface area contributed by atoms with Crippen LogP contribution in [0.4, 0.5) is 4.79 Å². The fourth-order valence-electron chi connectivity index (χ4n) is 5.77. The number of nitrogens with zero attached hydrogens (tertiary/aromatic N) is 2. The zero-order valence-corrected chi connectivity index (χ0v) is 17.6. The number of fused-ring (bicyclic) bond motifs is 3. The molecule has 30 heavy (non-hydrogen) atoms. The van der Waals surface area contributed by atoms with Gasteiger partial charge in [0.25, 0.3) is 0 Å². The van der Waals surface area contributed by atoms with Gasteiger partial charge in [-0.15, -0.1) is 0 Å². The summed E-state index contributed by atoms with van der Waals surface area (Å²) in [6.07, 6.45) is 12.6. The Balaban J connectivity index is 1.19. The van der Waals surface area contributed by atoms with E-state index in [1.165, 1.54) is 58.6 Å². The summed E-state index contributed by atoms with van der Waals surface area (Å²) in [7, 11) is 1.52. The van der Waals surface area contributed by atoms with E-state index in [2.05, 4.69) is 15.2 Å². The molecule has 2 aliphatic heterocycles. The summed E-state index contributed by atoms with van der Waals surface area (Å²) in [5, 5.41) is 3.06. The molecule has 0 aromatic carbocycles. The summed E-state index contributed by atoms with van der Waals surface area (Å²) in [6, 6.07) is 4.86. The van der Waals surface area contributed by atoms with Gasteiger partial charge in [-0.1, -0.05) is 19.3 Å². The van der Waals surface area contributed by atoms with Gasteiger partial charge in [-0.25, -0.2) is 9.78 Å². The van der Waals surface area contributed by atoms with Crippen molar-refractivity contribution in [3.63, 3.8) is 0 Å². The van der Waals surface area contributed by atoms with Crippen LogP contribution in [0.3, 0.4) is 0 Å². The molecule has 2 unspecified atom stereocenters. The highest BCUT2D eigenvalue weighted by atomic mass is 16.6. The lowest BCUT2D eigenvalue weighted by Crippen LogP contribution is -2.52. The number of amides is 1. The molecule has 0 radical (unpaired) electrons. The zero-order valence-electron chi connectivity index (χ0n) is 17.6. The molecule has 2 saturated heterocycles. The first-order valence-corrected chi connectivity index (χ1v) is 11.4. The molecule has 4 heterocycles. The molecule has 1 amide bonds. The van der Waals surface area contributed by atoms with Gasteiger partial charge in [0.1, 0.15) is 0 Å². The molecule has 1 N–H and O–H groups in total. The van der Waals surface area contributed by atoms with E-state index >= 15 is 0 Å². The first-order chi connectivity index (χ1) is 14.7. The minimum atomic E-state index is -0.488. The average Bonchev–Trinajstić information content (AvgIpc) is 3.21. The number of hydrogen-bond acceptors (Lipinski definition) is 6. The van der Waals surface area contributed by atoms with Crippen LogP contribution in [0, 0.1) is 5.92 Å². The summed E-state index contributed by atoms with van der Waals surface area (Å²) >= 11 is 0. The fraction of sp³-hybridized carbons (Fsp3) is 0.652. The van der Waals surface area contributed by atoms with Gasteiger partial charge >= 0.3 is 12.0 Å². The first kappa shape index (κ1) is 19.7. The molecule has 1 aliphatic carbocycles. The Morgan fingerprint density at radius 3 is 2.70 bits per heavy atom. The topological polar surface area (TPSA) is 76.8 Å². The number of ether oxygens (including phenoxy) is 2. The van der Waals surface area contributed by atoms with E-state index in [0.717, 1.165) is 18.8 Å². The van der Waals surface area contributed by atoms with Crippen molar-refractivity contribution in [2.45, 2.75) is 75.9 Å². The molecular weight excluding hydrogens is 382 g/mol. The zero-order chi connectivity index (χ0) is 20.5. The highest BCUT2D eigenvalue weighted by Crippen LogP contribution is 2.39. The fourth-order valence-corrected chi connectivity index (χ4v) is 5.77. The number of piperidine rings is 1. The van der Waals surface area contributed by atoms with Gasteiger partial charge in [0.15, 0.2) is 11.1 Å². The molecule has 2 atom stereocenters. The van der Waals surface area contributed by atoms with Crippen LogP contribution in [0.5, 0.6) is 11.7 Å². The molecule has 3 fully saturated rings. The molecule has 162 valence electrons. The van der Waals surface area contributed by atoms with Crippen molar-refractivity contribution in [1.29, 1.82) is 0 Å². The van der Waals surface area contributed by atoms with E-state index in [9.17, 15) is 4.79 Å². The van der Waals surface area contributed by atoms with Gasteiger partial charge in [0, 0.05) is 30.9 Å². The smallest absolute Gasteiger partial charge is 0.415 e. The maximum atomic E-state index is 12.6. The van der Waals surface area contributed by atoms with E-state index in [4.69, 9.17) is 13.9 Å². The van der Waals surface area contributed by atoms with Crippen molar-refractivity contribution < 1.29 is 18.7 Å². The molecule has 2 aromatic rings. The van der Waals surface area contributed by atoms with Crippen LogP contribution in [0.1, 0.15) is 57.8 Å². The Hall–Kier alpha value is -2.28. The van der Waals surface area contributed by atoms with Crippen molar-refractivity contribution in [1.82, 2.24) is 15.2 Å². The van der Waals surface area contributed by atoms with E-state index in [1.54, 1.807) is 18.3 Å². The maximum absolute atomic E-state index is 12.6. The maximum Gasteiger partial charge on any atom is 0.415 e. The molecule has 0 spiro atoms. The van der Waals surface area contributed by atoms with Gasteiger partial charge in [-0.3, -0.25) is 4.90 Å². The van der Waals surface area contributed by atoms with Crippen LogP contribution < -0.4 is 14.8 Å². The Morgan fingerprint density at radius 2 is 1.97 bits per heavy atom. The number of carbonyl (C=O) groups is 1. The minimum Gasteiger partial charge on any atom is -0.488 e. The Labute approximate surface area is 177 Å². The Morgan fingerprint density at radius 1 is 1.20 bits per heavy atom. The second kappa shape index (κ2) is 8.46. The molecule has 2 aromatic heterocycles. The summed E-state index contributed by atoms with van der Waals surface area (Å²) in [4.78, 5) is 19.6. The molecular formula is C23H31N3O4. The van der Waals surface area contributed by atoms with Crippen molar-refractivity contribution in [3.05, 3.63) is 18.3 Å². The Bertz CT molecular complexity index is 878. The summed E-state index contributed by atoms with van der Waals surface area (Å²) in [6.45, 7) is 1.25. The third-order valence-corrected chi connectivity index (χ3v) is 7.16. The van der Waals surface area contributed by atoms with Gasteiger partial charge in [0.05, 0.1) is 7.11 Å². The van der Waals surface area contributed by atoms with E-state index in [-0.39, 0.29) is 12.0 Å². The number of aromatic nitrogens is 1. The number of nitrogens with one attached hydrogen (secondary N) is 1. The summed E-state index contributed by atoms with van der Waals surface area (Å²) in [5.41, 5.74) is 1.09. The molecule has 3 aliphatic rings. The number of rotatable bonds is 5. The van der Waals surface area contributed by atoms with Crippen LogP contribution in [0.15, 0.2) is 22.7 Å². The first-order valence-electron chi connectivity index (χ1n) is 11.4. The monoisotopic (exact) mass is 413 g/mol. The van der Waals surface area contributed by atoms with Crippen LogP contribution in [-0.2, 0) is 0 Å². The molecule has 7 heteroatoms. The van der Waals surface area contributed by atoms with Gasteiger partial charge in [0.2, 0.25) is 5.75 Å². The highest BCUT2D eigenvalue weighted by Gasteiger charge is 2.42. The van der Waals surface area contributed by atoms with Crippen molar-refractivity contribution in [2.75, 3.05) is 13.7 Å². The average molecular weight is 414 g/mol. The Kier molecular flexibility index (Phi) is 5.54. The number of hydrogen-bond donors (Lipinski definition) is 1. The van der Waals surface area contributed by atoms with Gasteiger partial charge in [-0.05, 0) is 56.6 Å². The number of methoxy groups -OCH3 is 1. The second-order valence-corrected chi connectivity index (χ2v) is 9.06. The molecule has 5 rings (SSSR count). The van der Waals surface area contributed by atoms with Crippen molar-refractivity contribution in [3.8, 4) is 11.7 Å². The molecule has 2 bridgehead atoms. The van der Waals surface area contributed by atoms with Crippen LogP contribution in [-0.4, -0.2) is 47.8 Å². The van der Waals surface area contributed by atoms with Crippen LogP contribution >= 0.6 is 0 Å². The van der Waals surface area contributed by atoms with Gasteiger partial charge in [-0.2, -0.15) is 0 Å². The molecule has 1 saturated carbocycles. The number of pyridine rings is 1. The third-order valence-electron chi connectivity index (χ3n) is 7.16. The lowest BCUT2D eigenvalue weighted by molar-refractivity contribution is 0.0872. The highest BCUT2D eigenvalue weighted by molar-refractivity contribution is 5.84. The van der Waals surface area contributed by atoms with E-state index in [1.807, 2.05) is 0 Å². The lowest BCUT2D eigenvalue weighted by atomic mass is 9.87. The minimum absolute atomic E-state index is 0.0569. The lowest BCUT2D eigenvalue weighted by Gasteiger charge is -2.41. The normalized spacial score (nSPS) is 27.3. The van der Waals surface area contributed by atoms with Crippen LogP contribution in [0.2, 0.25) is 0 Å². The standard InChI is InChI=1S/C23H31N3O4/c1-28-21-20-19(8-5-11-24-20)29-22(21)30-23(27)25-16-12-17-9-10-18(13-16)26(17)14-15-6-3-2-4-7-15/h5,8,11,15-18H,2-4,6-7,9-10,12-14H2,1H3,(H,25,27). The predicted molar refractivity (Wildman–Crippen MR) is 113 cm³/mol. The SMILES string of the molecule is COc1c(OC(=O)NC2CC3CCC(C2)N3CC2CCCCC2)oc2cccnc12. The van der Waals surface area contributed by atoms with Crippen molar-refractivity contribution >= 4 is 17.2 Å². The summed E-state index contributed by atoms with van der Waals surface area (Å²) < 4.78 is 16.4. The number of furan rings is 1. The quantitative estimate of drug-likeness (QED) is 0.778. The van der Waals surface area contributed by atoms with E-state index < -0.39 is 6.09 Å². The van der Waals surface area contributed by atoms with E-state index in [0.29, 0.717) is 28.9 Å². The van der Waals surface area contributed by atoms with Crippen LogP contribution in [0.25, 0.3) is 11.1 Å². The third kappa shape index (κ3) is 3.87. The largest absolute Gasteiger partial charge is 0.488 e. The summed E-state index contributed by atoms with van der Waals surface area (Å²) in [5.74, 6) is 1.27. The second-order valence-electron chi connectivity index (χ2n) is 9.06.